The molecule has 0 atom stereocenters. The van der Waals surface area contributed by atoms with Crippen LogP contribution in [0.4, 0.5) is 5.69 Å². The quantitative estimate of drug-likeness (QED) is 0.850. The number of thioether (sulfide) groups is 1. The predicted molar refractivity (Wildman–Crippen MR) is 62.9 cm³/mol. The Morgan fingerprint density at radius 1 is 1.47 bits per heavy atom. The van der Waals surface area contributed by atoms with E-state index in [1.54, 1.807) is 12.1 Å². The summed E-state index contributed by atoms with van der Waals surface area (Å²) in [6.45, 7) is 0. The standard InChI is InChI=1S/C11H13NO2S/c1-12(8-6-15-7-8)10-5-3-2-4-9(10)11(13)14/h2-5,8H,6-7H2,1H3,(H,13,14). The van der Waals surface area contributed by atoms with Crippen LogP contribution in [-0.2, 0) is 0 Å². The van der Waals surface area contributed by atoms with Crippen LogP contribution in [0.15, 0.2) is 24.3 Å². The second-order valence-electron chi connectivity index (χ2n) is 3.62. The van der Waals surface area contributed by atoms with Gasteiger partial charge in [0.15, 0.2) is 0 Å². The monoisotopic (exact) mass is 223 g/mol. The van der Waals surface area contributed by atoms with Gasteiger partial charge < -0.3 is 10.0 Å². The lowest BCUT2D eigenvalue weighted by Gasteiger charge is -2.36. The van der Waals surface area contributed by atoms with Crippen LogP contribution < -0.4 is 4.90 Å². The van der Waals surface area contributed by atoms with Gasteiger partial charge in [-0.3, -0.25) is 0 Å². The maximum Gasteiger partial charge on any atom is 0.337 e. The first-order chi connectivity index (χ1) is 7.20. The summed E-state index contributed by atoms with van der Waals surface area (Å²) in [4.78, 5) is 13.1. The molecule has 4 heteroatoms. The molecule has 1 aromatic rings. The van der Waals surface area contributed by atoms with E-state index in [4.69, 9.17) is 5.11 Å². The molecule has 1 N–H and O–H groups in total. The molecule has 3 nitrogen and oxygen atoms in total. The van der Waals surface area contributed by atoms with E-state index in [0.717, 1.165) is 17.2 Å². The smallest absolute Gasteiger partial charge is 0.337 e. The first-order valence-corrected chi connectivity index (χ1v) is 5.98. The molecule has 1 fully saturated rings. The van der Waals surface area contributed by atoms with Gasteiger partial charge in [-0.05, 0) is 12.1 Å². The highest BCUT2D eigenvalue weighted by Gasteiger charge is 2.25. The van der Waals surface area contributed by atoms with E-state index in [1.807, 2.05) is 30.9 Å². The normalized spacial score (nSPS) is 15.8. The van der Waals surface area contributed by atoms with Crippen LogP contribution in [0.25, 0.3) is 0 Å². The maximum absolute atomic E-state index is 11.0. The van der Waals surface area contributed by atoms with E-state index in [9.17, 15) is 4.79 Å². The summed E-state index contributed by atoms with van der Waals surface area (Å²) in [6, 6.07) is 7.64. The third-order valence-electron chi connectivity index (χ3n) is 2.68. The third-order valence-corrected chi connectivity index (χ3v) is 3.92. The summed E-state index contributed by atoms with van der Waals surface area (Å²) < 4.78 is 0. The molecule has 0 saturated carbocycles. The van der Waals surface area contributed by atoms with Gasteiger partial charge in [-0.1, -0.05) is 12.1 Å². The van der Waals surface area contributed by atoms with Crippen LogP contribution in [0.1, 0.15) is 10.4 Å². The molecule has 15 heavy (non-hydrogen) atoms. The molecule has 0 unspecified atom stereocenters. The lowest BCUT2D eigenvalue weighted by Crippen LogP contribution is -2.42. The van der Waals surface area contributed by atoms with Crippen molar-refractivity contribution >= 4 is 23.4 Å². The molecule has 1 heterocycles. The average molecular weight is 223 g/mol. The molecule has 0 aliphatic carbocycles. The number of hydrogen-bond acceptors (Lipinski definition) is 3. The Morgan fingerprint density at radius 2 is 2.13 bits per heavy atom. The van der Waals surface area contributed by atoms with E-state index in [-0.39, 0.29) is 0 Å². The zero-order valence-corrected chi connectivity index (χ0v) is 9.33. The third kappa shape index (κ3) is 1.95. The van der Waals surface area contributed by atoms with Gasteiger partial charge in [0.1, 0.15) is 0 Å². The van der Waals surface area contributed by atoms with Crippen molar-refractivity contribution in [1.82, 2.24) is 0 Å². The molecule has 0 bridgehead atoms. The summed E-state index contributed by atoms with van der Waals surface area (Å²) in [7, 11) is 1.96. The second-order valence-corrected chi connectivity index (χ2v) is 4.70. The number of para-hydroxylation sites is 1. The van der Waals surface area contributed by atoms with Crippen LogP contribution in [0.5, 0.6) is 0 Å². The molecule has 2 rings (SSSR count). The van der Waals surface area contributed by atoms with Gasteiger partial charge in [0, 0.05) is 24.6 Å². The summed E-state index contributed by atoms with van der Waals surface area (Å²) in [6.07, 6.45) is 0. The van der Waals surface area contributed by atoms with Crippen molar-refractivity contribution in [3.05, 3.63) is 29.8 Å². The highest BCUT2D eigenvalue weighted by molar-refractivity contribution is 8.00. The van der Waals surface area contributed by atoms with Crippen molar-refractivity contribution in [2.75, 3.05) is 23.5 Å². The van der Waals surface area contributed by atoms with Crippen LogP contribution in [0.3, 0.4) is 0 Å². The molecular formula is C11H13NO2S. The highest BCUT2D eigenvalue weighted by atomic mass is 32.2. The van der Waals surface area contributed by atoms with Crippen LogP contribution >= 0.6 is 11.8 Å². The Labute approximate surface area is 93.1 Å². The largest absolute Gasteiger partial charge is 0.478 e. The summed E-state index contributed by atoms with van der Waals surface area (Å²) in [5.74, 6) is 1.32. The number of anilines is 1. The van der Waals surface area contributed by atoms with Gasteiger partial charge in [-0.25, -0.2) is 4.79 Å². The van der Waals surface area contributed by atoms with Crippen molar-refractivity contribution in [2.24, 2.45) is 0 Å². The minimum Gasteiger partial charge on any atom is -0.478 e. The zero-order chi connectivity index (χ0) is 10.8. The Balaban J connectivity index is 2.29. The van der Waals surface area contributed by atoms with Gasteiger partial charge in [-0.2, -0.15) is 11.8 Å². The second kappa shape index (κ2) is 4.14. The molecular weight excluding hydrogens is 210 g/mol. The SMILES string of the molecule is CN(c1ccccc1C(=O)O)C1CSC1. The topological polar surface area (TPSA) is 40.5 Å². The number of hydrogen-bond donors (Lipinski definition) is 1. The maximum atomic E-state index is 11.0. The molecule has 0 spiro atoms. The molecule has 1 saturated heterocycles. The minimum atomic E-state index is -0.857. The summed E-state index contributed by atoms with van der Waals surface area (Å²) >= 11 is 1.89. The zero-order valence-electron chi connectivity index (χ0n) is 8.51. The van der Waals surface area contributed by atoms with Gasteiger partial charge >= 0.3 is 5.97 Å². The highest BCUT2D eigenvalue weighted by Crippen LogP contribution is 2.28. The summed E-state index contributed by atoms with van der Waals surface area (Å²) in [5.41, 5.74) is 1.20. The van der Waals surface area contributed by atoms with Gasteiger partial charge in [0.25, 0.3) is 0 Å². The lowest BCUT2D eigenvalue weighted by atomic mass is 10.1. The molecule has 1 aromatic carbocycles. The summed E-state index contributed by atoms with van der Waals surface area (Å²) in [5, 5.41) is 9.06. The number of rotatable bonds is 3. The number of carbonyl (C=O) groups is 1. The molecule has 0 amide bonds. The fraction of sp³-hybridized carbons (Fsp3) is 0.364. The van der Waals surface area contributed by atoms with Gasteiger partial charge in [0.05, 0.1) is 11.3 Å². The Bertz CT molecular complexity index is 377. The molecule has 1 aliphatic heterocycles. The number of aromatic carboxylic acids is 1. The van der Waals surface area contributed by atoms with Crippen molar-refractivity contribution in [2.45, 2.75) is 6.04 Å². The first-order valence-electron chi connectivity index (χ1n) is 4.83. The number of benzene rings is 1. The lowest BCUT2D eigenvalue weighted by molar-refractivity contribution is 0.0697. The minimum absolute atomic E-state index is 0.386. The van der Waals surface area contributed by atoms with Crippen molar-refractivity contribution in [3.8, 4) is 0 Å². The molecule has 0 radical (unpaired) electrons. The van der Waals surface area contributed by atoms with Crippen molar-refractivity contribution in [1.29, 1.82) is 0 Å². The Hall–Kier alpha value is -1.16. The number of carboxylic acids is 1. The molecule has 0 aromatic heterocycles. The van der Waals surface area contributed by atoms with E-state index in [0.29, 0.717) is 11.6 Å². The van der Waals surface area contributed by atoms with E-state index >= 15 is 0 Å². The predicted octanol–water partition coefficient (Wildman–Crippen LogP) is 1.94. The first kappa shape index (κ1) is 10.4. The van der Waals surface area contributed by atoms with Crippen molar-refractivity contribution < 1.29 is 9.90 Å². The van der Waals surface area contributed by atoms with Gasteiger partial charge in [0.2, 0.25) is 0 Å². The fourth-order valence-electron chi connectivity index (χ4n) is 1.61. The van der Waals surface area contributed by atoms with E-state index in [2.05, 4.69) is 4.90 Å². The number of carboxylic acid groups (broad SMARTS) is 1. The Kier molecular flexibility index (Phi) is 2.86. The van der Waals surface area contributed by atoms with Crippen LogP contribution in [0, 0.1) is 0 Å². The molecule has 80 valence electrons. The number of nitrogens with zero attached hydrogens (tertiary/aromatic N) is 1. The van der Waals surface area contributed by atoms with Crippen LogP contribution in [0.2, 0.25) is 0 Å². The van der Waals surface area contributed by atoms with E-state index in [1.165, 1.54) is 0 Å². The average Bonchev–Trinajstić information content (AvgIpc) is 2.15. The fourth-order valence-corrected chi connectivity index (χ4v) is 2.50. The van der Waals surface area contributed by atoms with Gasteiger partial charge in [-0.15, -0.1) is 0 Å². The Morgan fingerprint density at radius 3 is 2.67 bits per heavy atom. The van der Waals surface area contributed by atoms with Crippen molar-refractivity contribution in [3.63, 3.8) is 0 Å². The van der Waals surface area contributed by atoms with E-state index < -0.39 is 5.97 Å². The molecule has 1 aliphatic rings. The van der Waals surface area contributed by atoms with Crippen LogP contribution in [-0.4, -0.2) is 35.7 Å².